The molecule has 1 rings (SSSR count). The Hall–Kier alpha value is -0.730. The van der Waals surface area contributed by atoms with Crippen LogP contribution >= 0.6 is 11.6 Å². The average Bonchev–Trinajstić information content (AvgIpc) is 2.06. The molecule has 0 aromatic heterocycles. The Kier molecular flexibility index (Phi) is 3.31. The van der Waals surface area contributed by atoms with Crippen LogP contribution in [0.5, 0.6) is 5.75 Å². The number of phenols is 1. The molecule has 1 aromatic rings. The fraction of sp³-hybridized carbons (Fsp3) is 0.500. The van der Waals surface area contributed by atoms with Crippen molar-refractivity contribution < 1.29 is 10.2 Å². The van der Waals surface area contributed by atoms with Crippen molar-refractivity contribution in [1.82, 2.24) is 0 Å². The van der Waals surface area contributed by atoms with Crippen LogP contribution in [0.15, 0.2) is 12.1 Å². The number of rotatable bonds is 2. The van der Waals surface area contributed by atoms with Gasteiger partial charge in [0, 0.05) is 10.6 Å². The molecule has 2 N–H and O–H groups in total. The van der Waals surface area contributed by atoms with Crippen molar-refractivity contribution in [2.24, 2.45) is 0 Å². The fourth-order valence-electron chi connectivity index (χ4n) is 1.53. The predicted octanol–water partition coefficient (Wildman–Crippen LogP) is 3.40. The summed E-state index contributed by atoms with van der Waals surface area (Å²) < 4.78 is 0. The number of hydrogen-bond acceptors (Lipinski definition) is 2. The molecule has 3 heteroatoms. The van der Waals surface area contributed by atoms with Gasteiger partial charge in [-0.15, -0.1) is 0 Å². The molecule has 0 atom stereocenters. The van der Waals surface area contributed by atoms with Crippen molar-refractivity contribution in [3.63, 3.8) is 0 Å². The average molecular weight is 229 g/mol. The van der Waals surface area contributed by atoms with Crippen molar-refractivity contribution in [3.05, 3.63) is 28.3 Å². The van der Waals surface area contributed by atoms with Gasteiger partial charge in [0.25, 0.3) is 0 Å². The molecular formula is C12H17ClO2. The minimum absolute atomic E-state index is 0.141. The first-order valence-corrected chi connectivity index (χ1v) is 5.36. The largest absolute Gasteiger partial charge is 0.507 e. The third kappa shape index (κ3) is 2.64. The van der Waals surface area contributed by atoms with Crippen LogP contribution in [0.2, 0.25) is 5.02 Å². The highest BCUT2D eigenvalue weighted by molar-refractivity contribution is 6.30. The SMILES string of the molecule is CC(C)c1cc(Cl)cc(C(C)(C)O)c1O. The number of hydrogen-bond donors (Lipinski definition) is 2. The van der Waals surface area contributed by atoms with Crippen LogP contribution in [-0.2, 0) is 5.60 Å². The molecule has 0 saturated heterocycles. The summed E-state index contributed by atoms with van der Waals surface area (Å²) in [7, 11) is 0. The van der Waals surface area contributed by atoms with Gasteiger partial charge in [0.1, 0.15) is 5.75 Å². The van der Waals surface area contributed by atoms with E-state index in [1.54, 1.807) is 26.0 Å². The second-order valence-electron chi connectivity index (χ2n) is 4.60. The first-order chi connectivity index (χ1) is 6.73. The number of aromatic hydroxyl groups is 1. The molecule has 1 aromatic carbocycles. The maximum absolute atomic E-state index is 10.0. The highest BCUT2D eigenvalue weighted by Gasteiger charge is 2.23. The molecule has 0 aliphatic rings. The summed E-state index contributed by atoms with van der Waals surface area (Å²) in [5.74, 6) is 0.312. The van der Waals surface area contributed by atoms with Crippen LogP contribution in [0.1, 0.15) is 44.7 Å². The zero-order valence-electron chi connectivity index (χ0n) is 9.50. The molecule has 0 bridgehead atoms. The second-order valence-corrected chi connectivity index (χ2v) is 5.04. The van der Waals surface area contributed by atoms with Crippen LogP contribution in [0.25, 0.3) is 0 Å². The van der Waals surface area contributed by atoms with Crippen molar-refractivity contribution in [3.8, 4) is 5.75 Å². The zero-order valence-corrected chi connectivity index (χ0v) is 10.3. The van der Waals surface area contributed by atoms with Gasteiger partial charge in [-0.3, -0.25) is 0 Å². The Morgan fingerprint density at radius 2 is 1.80 bits per heavy atom. The third-order valence-corrected chi connectivity index (χ3v) is 2.60. The first kappa shape index (κ1) is 12.3. The summed E-state index contributed by atoms with van der Waals surface area (Å²) in [6.45, 7) is 7.20. The van der Waals surface area contributed by atoms with Gasteiger partial charge < -0.3 is 10.2 Å². The van der Waals surface area contributed by atoms with Gasteiger partial charge in [0.2, 0.25) is 0 Å². The van der Waals surface area contributed by atoms with E-state index in [1.165, 1.54) is 0 Å². The van der Waals surface area contributed by atoms with Crippen LogP contribution in [-0.4, -0.2) is 10.2 Å². The summed E-state index contributed by atoms with van der Waals surface area (Å²) in [6.07, 6.45) is 0. The van der Waals surface area contributed by atoms with Crippen LogP contribution in [0.3, 0.4) is 0 Å². The molecule has 0 aliphatic carbocycles. The monoisotopic (exact) mass is 228 g/mol. The van der Waals surface area contributed by atoms with Crippen LogP contribution < -0.4 is 0 Å². The van der Waals surface area contributed by atoms with Gasteiger partial charge in [-0.1, -0.05) is 25.4 Å². The van der Waals surface area contributed by atoms with Crippen molar-refractivity contribution >= 4 is 11.6 Å². The second kappa shape index (κ2) is 4.03. The summed E-state index contributed by atoms with van der Waals surface area (Å²) in [6, 6.07) is 3.33. The van der Waals surface area contributed by atoms with Crippen LogP contribution in [0, 0.1) is 0 Å². The van der Waals surface area contributed by atoms with E-state index in [2.05, 4.69) is 0 Å². The minimum atomic E-state index is -1.08. The highest BCUT2D eigenvalue weighted by atomic mass is 35.5. The van der Waals surface area contributed by atoms with Crippen molar-refractivity contribution in [2.75, 3.05) is 0 Å². The van der Waals surface area contributed by atoms with E-state index in [-0.39, 0.29) is 11.7 Å². The summed E-state index contributed by atoms with van der Waals surface area (Å²) >= 11 is 5.95. The van der Waals surface area contributed by atoms with Gasteiger partial charge in [-0.25, -0.2) is 0 Å². The molecule has 2 nitrogen and oxygen atoms in total. The topological polar surface area (TPSA) is 40.5 Å². The van der Waals surface area contributed by atoms with Gasteiger partial charge in [0.15, 0.2) is 0 Å². The lowest BCUT2D eigenvalue weighted by atomic mass is 9.91. The predicted molar refractivity (Wildman–Crippen MR) is 62.5 cm³/mol. The standard InChI is InChI=1S/C12H17ClO2/c1-7(2)9-5-8(13)6-10(11(9)14)12(3,4)15/h5-7,14-15H,1-4H3. The molecule has 0 aliphatic heterocycles. The fourth-order valence-corrected chi connectivity index (χ4v) is 1.75. The van der Waals surface area contributed by atoms with Crippen LogP contribution in [0.4, 0.5) is 0 Å². The van der Waals surface area contributed by atoms with E-state index < -0.39 is 5.60 Å². The molecule has 0 spiro atoms. The van der Waals surface area contributed by atoms with Crippen molar-refractivity contribution in [2.45, 2.75) is 39.2 Å². The molecule has 0 saturated carbocycles. The molecule has 0 fully saturated rings. The normalized spacial score (nSPS) is 12.2. The first-order valence-electron chi connectivity index (χ1n) is 4.98. The number of phenolic OH excluding ortho intramolecular Hbond substituents is 1. The van der Waals surface area contributed by atoms with E-state index in [0.29, 0.717) is 10.6 Å². The molecule has 84 valence electrons. The highest BCUT2D eigenvalue weighted by Crippen LogP contribution is 2.37. The summed E-state index contributed by atoms with van der Waals surface area (Å²) in [4.78, 5) is 0. The summed E-state index contributed by atoms with van der Waals surface area (Å²) in [5, 5.41) is 20.4. The zero-order chi connectivity index (χ0) is 11.8. The van der Waals surface area contributed by atoms with E-state index >= 15 is 0 Å². The number of benzene rings is 1. The lowest BCUT2D eigenvalue weighted by Crippen LogP contribution is -2.16. The van der Waals surface area contributed by atoms with E-state index in [4.69, 9.17) is 11.6 Å². The lowest BCUT2D eigenvalue weighted by molar-refractivity contribution is 0.0756. The lowest BCUT2D eigenvalue weighted by Gasteiger charge is -2.22. The van der Waals surface area contributed by atoms with Gasteiger partial charge in [0.05, 0.1) is 5.60 Å². The Bertz CT molecular complexity index is 365. The third-order valence-electron chi connectivity index (χ3n) is 2.39. The maximum Gasteiger partial charge on any atom is 0.125 e. The van der Waals surface area contributed by atoms with E-state index in [0.717, 1.165) is 5.56 Å². The number of halogens is 1. The Balaban J connectivity index is 3.42. The maximum atomic E-state index is 10.0. The van der Waals surface area contributed by atoms with E-state index in [1.807, 2.05) is 13.8 Å². The van der Waals surface area contributed by atoms with E-state index in [9.17, 15) is 10.2 Å². The molecule has 0 radical (unpaired) electrons. The molecule has 0 heterocycles. The molecule has 15 heavy (non-hydrogen) atoms. The Morgan fingerprint density at radius 3 is 2.20 bits per heavy atom. The van der Waals surface area contributed by atoms with Gasteiger partial charge in [-0.05, 0) is 37.5 Å². The van der Waals surface area contributed by atoms with Gasteiger partial charge >= 0.3 is 0 Å². The van der Waals surface area contributed by atoms with Crippen molar-refractivity contribution in [1.29, 1.82) is 0 Å². The molecular weight excluding hydrogens is 212 g/mol. The van der Waals surface area contributed by atoms with Gasteiger partial charge in [-0.2, -0.15) is 0 Å². The Morgan fingerprint density at radius 1 is 1.27 bits per heavy atom. The smallest absolute Gasteiger partial charge is 0.125 e. The number of aliphatic hydroxyl groups is 1. The molecule has 0 amide bonds. The molecule has 0 unspecified atom stereocenters. The Labute approximate surface area is 95.5 Å². The quantitative estimate of drug-likeness (QED) is 0.815. The minimum Gasteiger partial charge on any atom is -0.507 e. The summed E-state index contributed by atoms with van der Waals surface area (Å²) in [5.41, 5.74) is 0.150.